The van der Waals surface area contributed by atoms with E-state index in [0.717, 1.165) is 78.0 Å². The highest BCUT2D eigenvalue weighted by molar-refractivity contribution is 6.14. The largest absolute Gasteiger partial charge is 0.456 e. The number of rotatable bonds is 9. The molecule has 9 aromatic carbocycles. The molecule has 2 heterocycles. The summed E-state index contributed by atoms with van der Waals surface area (Å²) in [6, 6.07) is 79.1. The summed E-state index contributed by atoms with van der Waals surface area (Å²) in [6.07, 6.45) is 6.26. The Kier molecular flexibility index (Phi) is 9.10. The van der Waals surface area contributed by atoms with Gasteiger partial charge < -0.3 is 13.9 Å². The van der Waals surface area contributed by atoms with Crippen LogP contribution >= 0.6 is 0 Å². The lowest BCUT2D eigenvalue weighted by atomic mass is 9.67. The zero-order valence-electron chi connectivity index (χ0n) is 36.0. The lowest BCUT2D eigenvalue weighted by Crippen LogP contribution is -2.28. The molecular formula is C62H44N2O. The first kappa shape index (κ1) is 38.3. The van der Waals surface area contributed by atoms with Gasteiger partial charge in [0.25, 0.3) is 0 Å². The zero-order valence-corrected chi connectivity index (χ0v) is 36.0. The van der Waals surface area contributed by atoms with Crippen LogP contribution in [0.1, 0.15) is 40.4 Å². The normalized spacial score (nSPS) is 12.8. The zero-order chi connectivity index (χ0) is 43.5. The maximum Gasteiger partial charge on any atom is 0.137 e. The summed E-state index contributed by atoms with van der Waals surface area (Å²) >= 11 is 0. The molecule has 0 amide bonds. The fourth-order valence-electron chi connectivity index (χ4n) is 10.7. The maximum absolute atomic E-state index is 6.72. The van der Waals surface area contributed by atoms with Crippen molar-refractivity contribution in [1.29, 1.82) is 0 Å². The molecule has 0 N–H and O–H groups in total. The van der Waals surface area contributed by atoms with Crippen molar-refractivity contribution in [3.05, 3.63) is 265 Å². The van der Waals surface area contributed by atoms with Crippen LogP contribution in [-0.4, -0.2) is 4.57 Å². The fraction of sp³-hybridized carbons (Fsp3) is 0.0323. The number of allylic oxidation sites excluding steroid dienone is 1. The van der Waals surface area contributed by atoms with Gasteiger partial charge in [-0.15, -0.1) is 0 Å². The average Bonchev–Trinajstić information content (AvgIpc) is 4.01. The first-order chi connectivity index (χ1) is 32.2. The first-order valence-corrected chi connectivity index (χ1v) is 22.3. The smallest absolute Gasteiger partial charge is 0.137 e. The van der Waals surface area contributed by atoms with Crippen LogP contribution in [0, 0.1) is 0 Å². The highest BCUT2D eigenvalue weighted by atomic mass is 16.3. The summed E-state index contributed by atoms with van der Waals surface area (Å²) < 4.78 is 9.05. The average molecular weight is 833 g/mol. The minimum atomic E-state index is -0.529. The molecule has 3 nitrogen and oxygen atoms in total. The highest BCUT2D eigenvalue weighted by Crippen LogP contribution is 2.57. The number of anilines is 3. The van der Waals surface area contributed by atoms with Crippen LogP contribution < -0.4 is 4.90 Å². The quantitative estimate of drug-likeness (QED) is 0.144. The van der Waals surface area contributed by atoms with Crippen molar-refractivity contribution < 1.29 is 4.42 Å². The molecule has 65 heavy (non-hydrogen) atoms. The molecule has 308 valence electrons. The highest BCUT2D eigenvalue weighted by Gasteiger charge is 2.46. The van der Waals surface area contributed by atoms with Gasteiger partial charge in [0.15, 0.2) is 0 Å². The number of nitrogens with zero attached hydrogens (tertiary/aromatic N) is 2. The van der Waals surface area contributed by atoms with E-state index >= 15 is 0 Å². The van der Waals surface area contributed by atoms with Crippen LogP contribution in [0.3, 0.4) is 0 Å². The molecule has 1 aliphatic rings. The minimum absolute atomic E-state index is 0.529. The molecule has 0 aliphatic heterocycles. The monoisotopic (exact) mass is 832 g/mol. The van der Waals surface area contributed by atoms with Gasteiger partial charge in [-0.2, -0.15) is 0 Å². The molecule has 0 saturated carbocycles. The second kappa shape index (κ2) is 15.4. The Morgan fingerprint density at radius 2 is 1.15 bits per heavy atom. The molecule has 3 heteroatoms. The number of furan rings is 1. The van der Waals surface area contributed by atoms with Crippen molar-refractivity contribution in [2.75, 3.05) is 4.90 Å². The second-order valence-corrected chi connectivity index (χ2v) is 16.8. The molecule has 0 radical (unpaired) electrons. The molecule has 0 saturated heterocycles. The van der Waals surface area contributed by atoms with Crippen LogP contribution in [0.2, 0.25) is 0 Å². The SMILES string of the molecule is C=Cc1c(/C=C\C)n(-c2ccccc2)c2ccc(-c3ccc4oc5cccc(N(c6ccccc6)c6ccc7c(c6)C(c6ccccc6)(c6ccccc6)c6ccccc6-7)c5c4c3)cc12. The van der Waals surface area contributed by atoms with Crippen LogP contribution in [0.4, 0.5) is 17.1 Å². The van der Waals surface area contributed by atoms with Crippen LogP contribution in [-0.2, 0) is 5.41 Å². The van der Waals surface area contributed by atoms with Crippen molar-refractivity contribution in [2.24, 2.45) is 0 Å². The third kappa shape index (κ3) is 5.90. The summed E-state index contributed by atoms with van der Waals surface area (Å²) in [5.41, 5.74) is 18.6. The molecular weight excluding hydrogens is 789 g/mol. The number of aromatic nitrogens is 1. The Morgan fingerprint density at radius 1 is 0.523 bits per heavy atom. The molecule has 0 spiro atoms. The van der Waals surface area contributed by atoms with Crippen molar-refractivity contribution in [3.8, 4) is 27.9 Å². The Hall–Kier alpha value is -8.40. The summed E-state index contributed by atoms with van der Waals surface area (Å²) in [7, 11) is 0. The number of hydrogen-bond donors (Lipinski definition) is 0. The molecule has 12 rings (SSSR count). The number of hydrogen-bond acceptors (Lipinski definition) is 2. The lowest BCUT2D eigenvalue weighted by molar-refractivity contribution is 0.669. The van der Waals surface area contributed by atoms with Gasteiger partial charge in [0.05, 0.1) is 27.7 Å². The van der Waals surface area contributed by atoms with Crippen molar-refractivity contribution in [2.45, 2.75) is 12.3 Å². The third-order valence-electron chi connectivity index (χ3n) is 13.3. The maximum atomic E-state index is 6.72. The molecule has 0 bridgehead atoms. The van der Waals surface area contributed by atoms with Gasteiger partial charge in [-0.3, -0.25) is 0 Å². The number of benzene rings is 9. The summed E-state index contributed by atoms with van der Waals surface area (Å²) in [6.45, 7) is 6.35. The van der Waals surface area contributed by atoms with Gasteiger partial charge in [0.2, 0.25) is 0 Å². The standard InChI is InChI=1S/C62H44N2O/c1-3-20-56-49(4-2)52-39-42(33-37-57(52)64(56)47-27-15-8-16-28-47)43-34-38-59-53(40-43)61-58(31-19-32-60(61)65-59)63(46-25-13-7-14-26-46)48-35-36-51-50-29-17-18-30-54(50)62(55(51)41-48,44-21-9-5-10-22-44)45-23-11-6-12-24-45/h3-41H,2H2,1H3/b20-3-. The van der Waals surface area contributed by atoms with Crippen LogP contribution in [0.25, 0.3) is 72.9 Å². The second-order valence-electron chi connectivity index (χ2n) is 16.8. The Labute approximate surface area is 379 Å². The van der Waals surface area contributed by atoms with Crippen molar-refractivity contribution in [1.82, 2.24) is 4.57 Å². The van der Waals surface area contributed by atoms with E-state index in [1.54, 1.807) is 0 Å². The molecule has 1 aliphatic carbocycles. The lowest BCUT2D eigenvalue weighted by Gasteiger charge is -2.35. The van der Waals surface area contributed by atoms with Crippen molar-refractivity contribution >= 4 is 62.1 Å². The van der Waals surface area contributed by atoms with Gasteiger partial charge >= 0.3 is 0 Å². The molecule has 0 fully saturated rings. The first-order valence-electron chi connectivity index (χ1n) is 22.3. The molecule has 2 aromatic heterocycles. The van der Waals surface area contributed by atoms with Gasteiger partial charge in [-0.05, 0) is 130 Å². The van der Waals surface area contributed by atoms with E-state index in [1.165, 1.54) is 33.4 Å². The van der Waals surface area contributed by atoms with Gasteiger partial charge in [0.1, 0.15) is 11.2 Å². The predicted octanol–water partition coefficient (Wildman–Crippen LogP) is 16.7. The number of para-hydroxylation sites is 2. The van der Waals surface area contributed by atoms with Gasteiger partial charge in [-0.25, -0.2) is 0 Å². The Bertz CT molecular complexity index is 3580. The third-order valence-corrected chi connectivity index (χ3v) is 13.3. The number of fused-ring (bicyclic) bond motifs is 7. The fourth-order valence-corrected chi connectivity index (χ4v) is 10.7. The minimum Gasteiger partial charge on any atom is -0.456 e. The molecule has 11 aromatic rings. The van der Waals surface area contributed by atoms with E-state index in [0.29, 0.717) is 0 Å². The molecule has 0 atom stereocenters. The Morgan fingerprint density at radius 3 is 1.86 bits per heavy atom. The van der Waals surface area contributed by atoms with E-state index in [4.69, 9.17) is 4.42 Å². The Balaban J connectivity index is 1.07. The van der Waals surface area contributed by atoms with Crippen molar-refractivity contribution in [3.63, 3.8) is 0 Å². The summed E-state index contributed by atoms with van der Waals surface area (Å²) in [5.74, 6) is 0. The van der Waals surface area contributed by atoms with Gasteiger partial charge in [-0.1, -0.05) is 164 Å². The van der Waals surface area contributed by atoms with E-state index in [1.807, 2.05) is 6.08 Å². The topological polar surface area (TPSA) is 21.3 Å². The summed E-state index contributed by atoms with van der Waals surface area (Å²) in [4.78, 5) is 2.41. The van der Waals surface area contributed by atoms with Crippen LogP contribution in [0.5, 0.6) is 0 Å². The predicted molar refractivity (Wildman–Crippen MR) is 273 cm³/mol. The van der Waals surface area contributed by atoms with E-state index in [9.17, 15) is 0 Å². The van der Waals surface area contributed by atoms with E-state index in [2.05, 4.69) is 254 Å². The molecule has 0 unspecified atom stereocenters. The summed E-state index contributed by atoms with van der Waals surface area (Å²) in [5, 5.41) is 3.28. The van der Waals surface area contributed by atoms with E-state index in [-0.39, 0.29) is 0 Å². The van der Waals surface area contributed by atoms with Gasteiger partial charge in [0, 0.05) is 33.4 Å². The van der Waals surface area contributed by atoms with Crippen LogP contribution in [0.15, 0.2) is 235 Å². The van der Waals surface area contributed by atoms with E-state index < -0.39 is 5.41 Å².